The van der Waals surface area contributed by atoms with Crippen LogP contribution >= 0.6 is 0 Å². The van der Waals surface area contributed by atoms with Crippen LogP contribution in [0.1, 0.15) is 36.0 Å². The van der Waals surface area contributed by atoms with Crippen molar-refractivity contribution in [2.75, 3.05) is 32.5 Å². The fraction of sp³-hybridized carbons (Fsp3) is 0.273. The van der Waals surface area contributed by atoms with Crippen LogP contribution < -0.4 is 10.6 Å². The lowest BCUT2D eigenvalue weighted by Crippen LogP contribution is -2.52. The maximum atomic E-state index is 13.8. The van der Waals surface area contributed by atoms with Gasteiger partial charge in [0.05, 0.1) is 0 Å². The number of amides is 3. The minimum absolute atomic E-state index is 0.274. The second kappa shape index (κ2) is 12.4. The molecule has 0 bridgehead atoms. The Hall–Kier alpha value is -4.43. The number of para-hydroxylation sites is 1. The van der Waals surface area contributed by atoms with Crippen molar-refractivity contribution in [3.05, 3.63) is 108 Å². The number of aromatic nitrogens is 1. The van der Waals surface area contributed by atoms with Crippen LogP contribution in [0.3, 0.4) is 0 Å². The molecule has 2 atom stereocenters. The van der Waals surface area contributed by atoms with Crippen LogP contribution in [-0.2, 0) is 11.3 Å². The van der Waals surface area contributed by atoms with Gasteiger partial charge < -0.3 is 25.4 Å². The highest BCUT2D eigenvalue weighted by molar-refractivity contribution is 5.98. The number of carbonyl (C=O) groups excluding carboxylic acids is 2. The van der Waals surface area contributed by atoms with E-state index in [1.807, 2.05) is 81.8 Å². The van der Waals surface area contributed by atoms with E-state index in [0.717, 1.165) is 39.7 Å². The van der Waals surface area contributed by atoms with E-state index >= 15 is 0 Å². The molecule has 41 heavy (non-hydrogen) atoms. The van der Waals surface area contributed by atoms with Crippen LogP contribution in [0.5, 0.6) is 0 Å². The van der Waals surface area contributed by atoms with Crippen molar-refractivity contribution in [3.63, 3.8) is 0 Å². The molecule has 212 valence electrons. The smallest absolute Gasteiger partial charge is 0.318 e. The Labute approximate surface area is 240 Å². The van der Waals surface area contributed by atoms with Gasteiger partial charge in [-0.1, -0.05) is 55.5 Å². The molecule has 0 saturated heterocycles. The van der Waals surface area contributed by atoms with E-state index in [1.165, 1.54) is 12.1 Å². The summed E-state index contributed by atoms with van der Waals surface area (Å²) in [5.74, 6) is -0.864. The molecule has 4 aromatic rings. The predicted molar refractivity (Wildman–Crippen MR) is 162 cm³/mol. The SMILES string of the molecule is C[C@@H](c1c[nH]c2ccccc12)[C@@H](NC(=O)N1CC=C(c2ccc(F)cc2)CC1)C(=O)Nc1cccc(CN(C)C)c1. The molecule has 2 heterocycles. The van der Waals surface area contributed by atoms with E-state index in [0.29, 0.717) is 25.2 Å². The van der Waals surface area contributed by atoms with Gasteiger partial charge in [0.2, 0.25) is 5.91 Å². The van der Waals surface area contributed by atoms with E-state index < -0.39 is 6.04 Å². The zero-order valence-corrected chi connectivity index (χ0v) is 23.7. The first-order chi connectivity index (χ1) is 19.8. The van der Waals surface area contributed by atoms with Crippen molar-refractivity contribution in [1.82, 2.24) is 20.1 Å². The molecule has 1 aliphatic rings. The third kappa shape index (κ3) is 6.66. The minimum Gasteiger partial charge on any atom is -0.361 e. The Balaban J connectivity index is 1.36. The highest BCUT2D eigenvalue weighted by Gasteiger charge is 2.31. The van der Waals surface area contributed by atoms with E-state index in [1.54, 1.807) is 17.0 Å². The number of urea groups is 1. The maximum absolute atomic E-state index is 13.8. The summed E-state index contributed by atoms with van der Waals surface area (Å²) in [5.41, 5.74) is 5.73. The molecule has 0 aliphatic carbocycles. The van der Waals surface area contributed by atoms with Gasteiger partial charge in [0.15, 0.2) is 0 Å². The third-order valence-electron chi connectivity index (χ3n) is 7.58. The van der Waals surface area contributed by atoms with Crippen LogP contribution in [0.4, 0.5) is 14.9 Å². The van der Waals surface area contributed by atoms with E-state index in [4.69, 9.17) is 0 Å². The zero-order valence-electron chi connectivity index (χ0n) is 23.7. The summed E-state index contributed by atoms with van der Waals surface area (Å²) in [6.07, 6.45) is 4.55. The van der Waals surface area contributed by atoms with Crippen molar-refractivity contribution >= 4 is 34.1 Å². The second-order valence-corrected chi connectivity index (χ2v) is 10.9. The largest absolute Gasteiger partial charge is 0.361 e. The number of carbonyl (C=O) groups is 2. The molecule has 3 aromatic carbocycles. The average molecular weight is 554 g/mol. The van der Waals surface area contributed by atoms with E-state index in [2.05, 4.69) is 20.5 Å². The first-order valence-electron chi connectivity index (χ1n) is 13.9. The number of hydrogen-bond donors (Lipinski definition) is 3. The Morgan fingerprint density at radius 1 is 1.05 bits per heavy atom. The number of nitrogens with zero attached hydrogens (tertiary/aromatic N) is 2. The van der Waals surface area contributed by atoms with Crippen molar-refractivity contribution in [1.29, 1.82) is 0 Å². The van der Waals surface area contributed by atoms with Gasteiger partial charge in [-0.05, 0) is 73.1 Å². The van der Waals surface area contributed by atoms with Gasteiger partial charge >= 0.3 is 6.03 Å². The number of anilines is 1. The third-order valence-corrected chi connectivity index (χ3v) is 7.58. The minimum atomic E-state index is -0.818. The quantitative estimate of drug-likeness (QED) is 0.251. The predicted octanol–water partition coefficient (Wildman–Crippen LogP) is 5.98. The van der Waals surface area contributed by atoms with Crippen LogP contribution in [0.2, 0.25) is 0 Å². The monoisotopic (exact) mass is 553 g/mol. The van der Waals surface area contributed by atoms with E-state index in [-0.39, 0.29) is 23.7 Å². The molecule has 0 unspecified atom stereocenters. The lowest BCUT2D eigenvalue weighted by atomic mass is 9.92. The van der Waals surface area contributed by atoms with Crippen molar-refractivity contribution in [3.8, 4) is 0 Å². The standard InChI is InChI=1S/C33H36FN5O2/c1-22(29-20-35-30-10-5-4-9-28(29)30)31(32(40)36-27-8-6-7-23(19-27)21-38(2)3)37-33(41)39-17-15-25(16-18-39)24-11-13-26(34)14-12-24/h4-15,19-20,22,31,35H,16-18,21H2,1-3H3,(H,36,40)(H,37,41)/t22-,31+/m0/s1. The first-order valence-corrected chi connectivity index (χ1v) is 13.9. The Morgan fingerprint density at radius 3 is 2.56 bits per heavy atom. The summed E-state index contributed by atoms with van der Waals surface area (Å²) in [6.45, 7) is 3.61. The number of benzene rings is 3. The summed E-state index contributed by atoms with van der Waals surface area (Å²) in [5, 5.41) is 7.11. The lowest BCUT2D eigenvalue weighted by molar-refractivity contribution is -0.118. The molecule has 8 heteroatoms. The average Bonchev–Trinajstić information content (AvgIpc) is 3.40. The van der Waals surface area contributed by atoms with Gasteiger partial charge in [-0.15, -0.1) is 0 Å². The fourth-order valence-corrected chi connectivity index (χ4v) is 5.40. The molecule has 3 N–H and O–H groups in total. The first kappa shape index (κ1) is 28.1. The molecular weight excluding hydrogens is 517 g/mol. The number of halogens is 1. The lowest BCUT2D eigenvalue weighted by Gasteiger charge is -2.31. The van der Waals surface area contributed by atoms with Gasteiger partial charge in [-0.3, -0.25) is 4.79 Å². The van der Waals surface area contributed by atoms with Crippen molar-refractivity contribution < 1.29 is 14.0 Å². The summed E-state index contributed by atoms with van der Waals surface area (Å²) in [7, 11) is 4.00. The molecule has 0 saturated carbocycles. The zero-order chi connectivity index (χ0) is 28.9. The highest BCUT2D eigenvalue weighted by Crippen LogP contribution is 2.29. The Morgan fingerprint density at radius 2 is 1.83 bits per heavy atom. The van der Waals surface area contributed by atoms with Crippen molar-refractivity contribution in [2.24, 2.45) is 0 Å². The number of nitrogens with one attached hydrogen (secondary N) is 3. The molecule has 0 radical (unpaired) electrons. The van der Waals surface area contributed by atoms with E-state index in [9.17, 15) is 14.0 Å². The van der Waals surface area contributed by atoms with Crippen LogP contribution in [0.25, 0.3) is 16.5 Å². The van der Waals surface area contributed by atoms with Gasteiger partial charge in [0.1, 0.15) is 11.9 Å². The summed E-state index contributed by atoms with van der Waals surface area (Å²) in [6, 6.07) is 21.0. The number of aromatic amines is 1. The maximum Gasteiger partial charge on any atom is 0.318 e. The van der Waals surface area contributed by atoms with Crippen LogP contribution in [0, 0.1) is 5.82 Å². The Bertz CT molecular complexity index is 1560. The molecule has 1 aromatic heterocycles. The van der Waals surface area contributed by atoms with Gasteiger partial charge in [0, 0.05) is 48.3 Å². The normalized spacial score (nSPS) is 15.0. The fourth-order valence-electron chi connectivity index (χ4n) is 5.40. The van der Waals surface area contributed by atoms with Gasteiger partial charge in [-0.2, -0.15) is 0 Å². The van der Waals surface area contributed by atoms with Gasteiger partial charge in [-0.25, -0.2) is 9.18 Å². The number of fused-ring (bicyclic) bond motifs is 1. The molecule has 5 rings (SSSR count). The van der Waals surface area contributed by atoms with Crippen LogP contribution in [-0.4, -0.2) is 59.9 Å². The number of H-pyrrole nitrogens is 1. The molecule has 7 nitrogen and oxygen atoms in total. The summed E-state index contributed by atoms with van der Waals surface area (Å²) in [4.78, 5) is 34.4. The van der Waals surface area contributed by atoms with Crippen LogP contribution in [0.15, 0.2) is 85.1 Å². The van der Waals surface area contributed by atoms with Gasteiger partial charge in [0.25, 0.3) is 0 Å². The second-order valence-electron chi connectivity index (χ2n) is 10.9. The van der Waals surface area contributed by atoms with Crippen molar-refractivity contribution in [2.45, 2.75) is 31.8 Å². The molecular formula is C33H36FN5O2. The molecule has 0 spiro atoms. The number of rotatable bonds is 8. The summed E-state index contributed by atoms with van der Waals surface area (Å²) < 4.78 is 13.4. The number of hydrogen-bond acceptors (Lipinski definition) is 3. The topological polar surface area (TPSA) is 80.5 Å². The molecule has 3 amide bonds. The highest BCUT2D eigenvalue weighted by atomic mass is 19.1. The Kier molecular flexibility index (Phi) is 8.50. The summed E-state index contributed by atoms with van der Waals surface area (Å²) >= 11 is 0. The molecule has 1 aliphatic heterocycles. The molecule has 0 fully saturated rings.